The fourth-order valence-corrected chi connectivity index (χ4v) is 4.17. The van der Waals surface area contributed by atoms with Crippen molar-refractivity contribution in [2.24, 2.45) is 5.92 Å². The Bertz CT molecular complexity index is 784. The molecule has 2 fully saturated rings. The molecule has 1 saturated carbocycles. The Morgan fingerprint density at radius 3 is 2.77 bits per heavy atom. The lowest BCUT2D eigenvalue weighted by atomic mass is 9.99. The molecule has 30 heavy (non-hydrogen) atoms. The summed E-state index contributed by atoms with van der Waals surface area (Å²) in [5, 5.41) is 6.57. The summed E-state index contributed by atoms with van der Waals surface area (Å²) in [6.45, 7) is 3.13. The van der Waals surface area contributed by atoms with E-state index in [4.69, 9.17) is 21.1 Å². The first-order valence-corrected chi connectivity index (χ1v) is 11.4. The van der Waals surface area contributed by atoms with Gasteiger partial charge >= 0.3 is 6.03 Å². The molecule has 3 amide bonds. The Labute approximate surface area is 182 Å². The van der Waals surface area contributed by atoms with Crippen LogP contribution in [0.3, 0.4) is 0 Å². The van der Waals surface area contributed by atoms with Crippen molar-refractivity contribution in [3.05, 3.63) is 22.7 Å². The van der Waals surface area contributed by atoms with Gasteiger partial charge in [-0.2, -0.15) is 0 Å². The van der Waals surface area contributed by atoms with Gasteiger partial charge in [-0.25, -0.2) is 4.79 Å². The summed E-state index contributed by atoms with van der Waals surface area (Å²) in [6, 6.07) is 3.93. The summed E-state index contributed by atoms with van der Waals surface area (Å²) in [7, 11) is 0. The fourth-order valence-electron chi connectivity index (χ4n) is 3.96. The number of ether oxygens (including phenoxy) is 2. The third kappa shape index (κ3) is 5.38. The number of urea groups is 1. The first kappa shape index (κ1) is 21.2. The first-order chi connectivity index (χ1) is 14.6. The van der Waals surface area contributed by atoms with E-state index in [1.54, 1.807) is 4.90 Å². The van der Waals surface area contributed by atoms with E-state index in [9.17, 15) is 9.59 Å². The van der Waals surface area contributed by atoms with Crippen LogP contribution in [0.15, 0.2) is 12.1 Å². The van der Waals surface area contributed by atoms with Gasteiger partial charge in [0.1, 0.15) is 6.54 Å². The third-order valence-electron chi connectivity index (χ3n) is 5.90. The van der Waals surface area contributed by atoms with Crippen molar-refractivity contribution in [3.8, 4) is 11.5 Å². The molecule has 3 aliphatic rings. The average molecular weight is 436 g/mol. The molecule has 0 bridgehead atoms. The van der Waals surface area contributed by atoms with Gasteiger partial charge in [0.2, 0.25) is 5.91 Å². The maximum absolute atomic E-state index is 11.5. The number of hydrogen-bond acceptors (Lipinski definition) is 5. The summed E-state index contributed by atoms with van der Waals surface area (Å²) in [5.41, 5.74) is 1.13. The molecule has 1 atom stereocenters. The molecule has 1 aliphatic carbocycles. The van der Waals surface area contributed by atoms with Gasteiger partial charge < -0.3 is 19.7 Å². The zero-order valence-corrected chi connectivity index (χ0v) is 18.0. The number of halogens is 1. The third-order valence-corrected chi connectivity index (χ3v) is 6.19. The van der Waals surface area contributed by atoms with Crippen molar-refractivity contribution >= 4 is 23.5 Å². The maximum atomic E-state index is 11.5. The Balaban J connectivity index is 1.19. The molecule has 1 aromatic rings. The van der Waals surface area contributed by atoms with Gasteiger partial charge in [0, 0.05) is 24.6 Å². The summed E-state index contributed by atoms with van der Waals surface area (Å²) in [6.07, 6.45) is 7.51. The van der Waals surface area contributed by atoms with Crippen LogP contribution in [-0.4, -0.2) is 49.7 Å². The van der Waals surface area contributed by atoms with E-state index in [0.717, 1.165) is 50.0 Å². The van der Waals surface area contributed by atoms with Crippen LogP contribution >= 0.6 is 11.6 Å². The minimum atomic E-state index is -0.263. The monoisotopic (exact) mass is 435 g/mol. The molecule has 2 heterocycles. The van der Waals surface area contributed by atoms with Crippen LogP contribution in [0.2, 0.25) is 5.02 Å². The maximum Gasteiger partial charge on any atom is 0.324 e. The van der Waals surface area contributed by atoms with Crippen LogP contribution in [0.1, 0.15) is 56.6 Å². The SMILES string of the molecule is O=C1CN(CCCCCCN[C@@H]2CCOc3c2ccc(Cl)c3OCC2CC2)C(=O)N1. The number of imide groups is 1. The lowest BCUT2D eigenvalue weighted by Crippen LogP contribution is -2.29. The van der Waals surface area contributed by atoms with Gasteiger partial charge in [-0.1, -0.05) is 30.5 Å². The Morgan fingerprint density at radius 1 is 1.17 bits per heavy atom. The first-order valence-electron chi connectivity index (χ1n) is 11.0. The van der Waals surface area contributed by atoms with E-state index in [2.05, 4.69) is 10.6 Å². The standard InChI is InChI=1S/C22H30ClN3O4/c23-17-8-7-16-18(9-12-29-20(16)21(17)30-14-15-5-6-15)24-10-3-1-2-4-11-26-13-19(27)25-22(26)28/h7-8,15,18,24H,1-6,9-14H2,(H,25,27,28)/t18-/m1/s1. The van der Waals surface area contributed by atoms with Crippen molar-refractivity contribution in [2.45, 2.75) is 51.0 Å². The quantitative estimate of drug-likeness (QED) is 0.409. The van der Waals surface area contributed by atoms with Gasteiger partial charge in [0.05, 0.1) is 18.2 Å². The van der Waals surface area contributed by atoms with E-state index in [1.165, 1.54) is 12.8 Å². The summed E-state index contributed by atoms with van der Waals surface area (Å²) in [4.78, 5) is 24.3. The topological polar surface area (TPSA) is 79.9 Å². The highest BCUT2D eigenvalue weighted by Gasteiger charge is 2.28. The van der Waals surface area contributed by atoms with E-state index in [1.807, 2.05) is 12.1 Å². The fraction of sp³-hybridized carbons (Fsp3) is 0.636. The largest absolute Gasteiger partial charge is 0.489 e. The molecule has 0 unspecified atom stereocenters. The predicted octanol–water partition coefficient (Wildman–Crippen LogP) is 3.65. The smallest absolute Gasteiger partial charge is 0.324 e. The number of nitrogens with zero attached hydrogens (tertiary/aromatic N) is 1. The number of benzene rings is 1. The van der Waals surface area contributed by atoms with E-state index in [0.29, 0.717) is 36.4 Å². The minimum Gasteiger partial charge on any atom is -0.489 e. The molecule has 0 radical (unpaired) electrons. The molecule has 8 heteroatoms. The van der Waals surface area contributed by atoms with Gasteiger partial charge in [0.15, 0.2) is 11.5 Å². The summed E-state index contributed by atoms with van der Waals surface area (Å²) < 4.78 is 11.9. The van der Waals surface area contributed by atoms with E-state index < -0.39 is 0 Å². The summed E-state index contributed by atoms with van der Waals surface area (Å²) >= 11 is 6.38. The molecular weight excluding hydrogens is 406 g/mol. The van der Waals surface area contributed by atoms with Crippen molar-refractivity contribution in [1.82, 2.24) is 15.5 Å². The molecule has 1 saturated heterocycles. The second kappa shape index (κ2) is 9.88. The molecule has 0 aromatic heterocycles. The molecule has 7 nitrogen and oxygen atoms in total. The Kier molecular flexibility index (Phi) is 7.00. The number of carbonyl (C=O) groups excluding carboxylic acids is 2. The second-order valence-corrected chi connectivity index (χ2v) is 8.79. The van der Waals surface area contributed by atoms with Crippen molar-refractivity contribution in [2.75, 3.05) is 32.8 Å². The molecule has 1 aromatic carbocycles. The molecule has 164 valence electrons. The average Bonchev–Trinajstić information content (AvgIpc) is 3.50. The molecule has 2 aliphatic heterocycles. The Morgan fingerprint density at radius 2 is 2.00 bits per heavy atom. The van der Waals surface area contributed by atoms with Crippen LogP contribution in [0, 0.1) is 5.92 Å². The van der Waals surface area contributed by atoms with Crippen LogP contribution in [0.4, 0.5) is 4.79 Å². The molecule has 0 spiro atoms. The number of hydrogen-bond donors (Lipinski definition) is 2. The summed E-state index contributed by atoms with van der Waals surface area (Å²) in [5.74, 6) is 1.94. The predicted molar refractivity (Wildman–Crippen MR) is 114 cm³/mol. The highest BCUT2D eigenvalue weighted by molar-refractivity contribution is 6.32. The van der Waals surface area contributed by atoms with Crippen molar-refractivity contribution in [1.29, 1.82) is 0 Å². The van der Waals surface area contributed by atoms with E-state index in [-0.39, 0.29) is 24.5 Å². The van der Waals surface area contributed by atoms with Crippen LogP contribution in [0.25, 0.3) is 0 Å². The van der Waals surface area contributed by atoms with Gasteiger partial charge in [-0.05, 0) is 44.2 Å². The van der Waals surface area contributed by atoms with Gasteiger partial charge in [-0.15, -0.1) is 0 Å². The normalized spacial score (nSPS) is 20.7. The number of nitrogens with one attached hydrogen (secondary N) is 2. The van der Waals surface area contributed by atoms with Gasteiger partial charge in [0.25, 0.3) is 0 Å². The minimum absolute atomic E-state index is 0.194. The number of rotatable bonds is 11. The molecule has 4 rings (SSSR count). The zero-order valence-electron chi connectivity index (χ0n) is 17.3. The molecule has 2 N–H and O–H groups in total. The van der Waals surface area contributed by atoms with Crippen molar-refractivity contribution < 1.29 is 19.1 Å². The number of carbonyl (C=O) groups is 2. The lowest BCUT2D eigenvalue weighted by Gasteiger charge is -2.28. The number of amides is 3. The van der Waals surface area contributed by atoms with Crippen LogP contribution < -0.4 is 20.1 Å². The highest BCUT2D eigenvalue weighted by atomic mass is 35.5. The number of unbranched alkanes of at least 4 members (excludes halogenated alkanes) is 3. The lowest BCUT2D eigenvalue weighted by molar-refractivity contribution is -0.118. The van der Waals surface area contributed by atoms with Crippen LogP contribution in [0.5, 0.6) is 11.5 Å². The van der Waals surface area contributed by atoms with Crippen LogP contribution in [-0.2, 0) is 4.79 Å². The molecular formula is C22H30ClN3O4. The zero-order chi connectivity index (χ0) is 20.9. The Hall–Kier alpha value is -1.99. The van der Waals surface area contributed by atoms with E-state index >= 15 is 0 Å². The van der Waals surface area contributed by atoms with Crippen molar-refractivity contribution in [3.63, 3.8) is 0 Å². The highest BCUT2D eigenvalue weighted by Crippen LogP contribution is 2.44. The number of fused-ring (bicyclic) bond motifs is 1. The van der Waals surface area contributed by atoms with Gasteiger partial charge in [-0.3, -0.25) is 10.1 Å². The second-order valence-electron chi connectivity index (χ2n) is 8.38.